The Morgan fingerprint density at radius 2 is 2.30 bits per heavy atom. The summed E-state index contributed by atoms with van der Waals surface area (Å²) >= 11 is 0. The van der Waals surface area contributed by atoms with Gasteiger partial charge in [-0.25, -0.2) is 0 Å². The van der Waals surface area contributed by atoms with Crippen LogP contribution in [0.4, 0.5) is 0 Å². The molecule has 0 aromatic carbocycles. The lowest BCUT2D eigenvalue weighted by atomic mass is 9.99. The van der Waals surface area contributed by atoms with Crippen molar-refractivity contribution in [2.24, 2.45) is 0 Å². The van der Waals surface area contributed by atoms with Crippen LogP contribution in [-0.4, -0.2) is 16.5 Å². The molecule has 2 nitrogen and oxygen atoms in total. The lowest BCUT2D eigenvalue weighted by molar-refractivity contribution is -0.117. The lowest BCUT2D eigenvalue weighted by Gasteiger charge is -2.16. The minimum absolute atomic E-state index is 0.0992. The molecule has 0 amide bonds. The number of carbonyl (C=O) groups is 1. The molecule has 0 fully saturated rings. The van der Waals surface area contributed by atoms with E-state index in [0.29, 0.717) is 12.8 Å². The average Bonchev–Trinajstić information content (AvgIpc) is 1.85. The van der Waals surface area contributed by atoms with E-state index in [0.717, 1.165) is 0 Å². The molecule has 10 heavy (non-hydrogen) atoms. The zero-order valence-corrected chi connectivity index (χ0v) is 6.55. The van der Waals surface area contributed by atoms with Gasteiger partial charge in [-0.2, -0.15) is 0 Å². The minimum Gasteiger partial charge on any atom is -0.386 e. The van der Waals surface area contributed by atoms with Crippen molar-refractivity contribution in [2.75, 3.05) is 0 Å². The van der Waals surface area contributed by atoms with Gasteiger partial charge in [0.1, 0.15) is 5.78 Å². The molecule has 2 heteroatoms. The molecule has 0 radical (unpaired) electrons. The molecule has 0 rings (SSSR count). The van der Waals surface area contributed by atoms with Crippen molar-refractivity contribution in [3.8, 4) is 0 Å². The van der Waals surface area contributed by atoms with Crippen molar-refractivity contribution < 1.29 is 9.90 Å². The van der Waals surface area contributed by atoms with E-state index < -0.39 is 5.60 Å². The van der Waals surface area contributed by atoms with Crippen molar-refractivity contribution in [1.29, 1.82) is 0 Å². The van der Waals surface area contributed by atoms with Crippen LogP contribution in [0.15, 0.2) is 12.7 Å². The Morgan fingerprint density at radius 1 is 1.80 bits per heavy atom. The lowest BCUT2D eigenvalue weighted by Crippen LogP contribution is -2.20. The van der Waals surface area contributed by atoms with Gasteiger partial charge in [0.25, 0.3) is 0 Å². The first-order valence-electron chi connectivity index (χ1n) is 3.33. The van der Waals surface area contributed by atoms with Crippen LogP contribution in [0.1, 0.15) is 26.7 Å². The molecule has 0 aromatic rings. The summed E-state index contributed by atoms with van der Waals surface area (Å²) in [6.45, 7) is 6.60. The number of Topliss-reactive ketones (excluding diaryl/α,β-unsaturated/α-hetero) is 1. The Kier molecular flexibility index (Phi) is 3.30. The number of carbonyl (C=O) groups excluding carboxylic acids is 1. The van der Waals surface area contributed by atoms with Gasteiger partial charge in [0.15, 0.2) is 0 Å². The predicted octanol–water partition coefficient (Wildman–Crippen LogP) is 1.29. The van der Waals surface area contributed by atoms with Crippen LogP contribution in [0.2, 0.25) is 0 Å². The third kappa shape index (κ3) is 4.27. The summed E-state index contributed by atoms with van der Waals surface area (Å²) < 4.78 is 0. The monoisotopic (exact) mass is 142 g/mol. The maximum Gasteiger partial charge on any atom is 0.129 e. The molecule has 0 heterocycles. The van der Waals surface area contributed by atoms with Crippen molar-refractivity contribution in [3.63, 3.8) is 0 Å². The van der Waals surface area contributed by atoms with Crippen LogP contribution in [0.25, 0.3) is 0 Å². The number of ketones is 1. The molecule has 1 N–H and O–H groups in total. The smallest absolute Gasteiger partial charge is 0.129 e. The maximum absolute atomic E-state index is 10.5. The largest absolute Gasteiger partial charge is 0.386 e. The molecule has 0 bridgehead atoms. The molecule has 0 aliphatic rings. The van der Waals surface area contributed by atoms with E-state index in [4.69, 9.17) is 0 Å². The predicted molar refractivity (Wildman–Crippen MR) is 40.7 cm³/mol. The highest BCUT2D eigenvalue weighted by Crippen LogP contribution is 2.12. The van der Waals surface area contributed by atoms with Crippen molar-refractivity contribution in [2.45, 2.75) is 32.3 Å². The van der Waals surface area contributed by atoms with E-state index in [-0.39, 0.29) is 5.78 Å². The molecule has 0 saturated heterocycles. The number of rotatable bonds is 4. The Bertz CT molecular complexity index is 136. The van der Waals surface area contributed by atoms with Crippen molar-refractivity contribution in [3.05, 3.63) is 12.7 Å². The standard InChI is InChI=1S/C8H14O2/c1-4-8(3,10)6-5-7(2)9/h4,10H,1,5-6H2,2-3H3. The van der Waals surface area contributed by atoms with E-state index >= 15 is 0 Å². The summed E-state index contributed by atoms with van der Waals surface area (Å²) in [6, 6.07) is 0. The molecular weight excluding hydrogens is 128 g/mol. The second-order valence-electron chi connectivity index (χ2n) is 2.76. The Balaban J connectivity index is 3.67. The normalized spacial score (nSPS) is 15.9. The fourth-order valence-corrected chi connectivity index (χ4v) is 0.531. The quantitative estimate of drug-likeness (QED) is 0.600. The molecule has 0 aliphatic heterocycles. The maximum atomic E-state index is 10.5. The summed E-state index contributed by atoms with van der Waals surface area (Å²) in [7, 11) is 0. The van der Waals surface area contributed by atoms with Crippen molar-refractivity contribution in [1.82, 2.24) is 0 Å². The van der Waals surface area contributed by atoms with E-state index in [1.165, 1.54) is 13.0 Å². The zero-order chi connectivity index (χ0) is 8.20. The molecule has 0 saturated carbocycles. The second kappa shape index (κ2) is 3.52. The SMILES string of the molecule is C=CC(C)(O)CCC(C)=O. The zero-order valence-electron chi connectivity index (χ0n) is 6.55. The van der Waals surface area contributed by atoms with Gasteiger partial charge < -0.3 is 9.90 Å². The first-order chi connectivity index (χ1) is 4.48. The van der Waals surface area contributed by atoms with Crippen LogP contribution < -0.4 is 0 Å². The van der Waals surface area contributed by atoms with Gasteiger partial charge in [0.05, 0.1) is 5.60 Å². The van der Waals surface area contributed by atoms with E-state index in [2.05, 4.69) is 6.58 Å². The molecule has 58 valence electrons. The van der Waals surface area contributed by atoms with Gasteiger partial charge in [-0.1, -0.05) is 6.08 Å². The summed E-state index contributed by atoms with van der Waals surface area (Å²) in [5.74, 6) is 0.0992. The Labute approximate surface area is 61.6 Å². The van der Waals surface area contributed by atoms with Crippen LogP contribution in [-0.2, 0) is 4.79 Å². The van der Waals surface area contributed by atoms with E-state index in [1.54, 1.807) is 6.92 Å². The summed E-state index contributed by atoms with van der Waals surface area (Å²) in [5.41, 5.74) is -0.883. The van der Waals surface area contributed by atoms with Gasteiger partial charge >= 0.3 is 0 Å². The molecule has 0 aliphatic carbocycles. The summed E-state index contributed by atoms with van der Waals surface area (Å²) in [5, 5.41) is 9.30. The first kappa shape index (κ1) is 9.37. The molecular formula is C8H14O2. The number of aliphatic hydroxyl groups is 1. The average molecular weight is 142 g/mol. The Hall–Kier alpha value is -0.630. The molecule has 0 aromatic heterocycles. The molecule has 1 unspecified atom stereocenters. The highest BCUT2D eigenvalue weighted by molar-refractivity contribution is 5.75. The van der Waals surface area contributed by atoms with Gasteiger partial charge in [0.2, 0.25) is 0 Å². The summed E-state index contributed by atoms with van der Waals surface area (Å²) in [4.78, 5) is 10.5. The van der Waals surface area contributed by atoms with Crippen LogP contribution >= 0.6 is 0 Å². The van der Waals surface area contributed by atoms with Crippen LogP contribution in [0.3, 0.4) is 0 Å². The first-order valence-corrected chi connectivity index (χ1v) is 3.33. The van der Waals surface area contributed by atoms with Gasteiger partial charge in [-0.05, 0) is 20.3 Å². The molecule has 1 atom stereocenters. The molecule has 0 spiro atoms. The second-order valence-corrected chi connectivity index (χ2v) is 2.76. The highest BCUT2D eigenvalue weighted by Gasteiger charge is 2.14. The number of hydrogen-bond acceptors (Lipinski definition) is 2. The van der Waals surface area contributed by atoms with Gasteiger partial charge in [-0.15, -0.1) is 6.58 Å². The van der Waals surface area contributed by atoms with E-state index in [9.17, 15) is 9.90 Å². The van der Waals surface area contributed by atoms with Gasteiger partial charge in [-0.3, -0.25) is 0 Å². The fourth-order valence-electron chi connectivity index (χ4n) is 0.531. The van der Waals surface area contributed by atoms with E-state index in [1.807, 2.05) is 0 Å². The van der Waals surface area contributed by atoms with Crippen molar-refractivity contribution >= 4 is 5.78 Å². The summed E-state index contributed by atoms with van der Waals surface area (Å²) in [6.07, 6.45) is 2.33. The fraction of sp³-hybridized carbons (Fsp3) is 0.625. The third-order valence-electron chi connectivity index (χ3n) is 1.42. The van der Waals surface area contributed by atoms with Crippen LogP contribution in [0.5, 0.6) is 0 Å². The number of hydrogen-bond donors (Lipinski definition) is 1. The third-order valence-corrected chi connectivity index (χ3v) is 1.42. The van der Waals surface area contributed by atoms with Crippen LogP contribution in [0, 0.1) is 0 Å². The van der Waals surface area contributed by atoms with Gasteiger partial charge in [0, 0.05) is 6.42 Å². The highest BCUT2D eigenvalue weighted by atomic mass is 16.3. The minimum atomic E-state index is -0.883. The Morgan fingerprint density at radius 3 is 2.60 bits per heavy atom. The topological polar surface area (TPSA) is 37.3 Å².